The molecule has 2 aliphatic rings. The van der Waals surface area contributed by atoms with Gasteiger partial charge in [-0.1, -0.05) is 36.8 Å². The molecule has 1 atom stereocenters. The van der Waals surface area contributed by atoms with E-state index >= 15 is 0 Å². The SMILES string of the molecule is CC1(C)OCc2cc(C3CN(CCCCCCOCC#Cc4cccc(-n5cc(O)[nH]c5=O)c4)C(=O)O3)ccc2O1. The molecule has 2 aromatic carbocycles. The Morgan fingerprint density at radius 3 is 2.80 bits per heavy atom. The van der Waals surface area contributed by atoms with E-state index in [0.717, 1.165) is 48.1 Å². The predicted molar refractivity (Wildman–Crippen MR) is 151 cm³/mol. The van der Waals surface area contributed by atoms with Crippen LogP contribution in [-0.4, -0.2) is 57.7 Å². The van der Waals surface area contributed by atoms with Crippen LogP contribution in [0.15, 0.2) is 53.5 Å². The van der Waals surface area contributed by atoms with Crippen LogP contribution in [0, 0.1) is 11.8 Å². The number of carbonyl (C=O) groups excluding carboxylic acids is 1. The van der Waals surface area contributed by atoms with E-state index in [9.17, 15) is 14.7 Å². The van der Waals surface area contributed by atoms with Crippen molar-refractivity contribution in [1.29, 1.82) is 0 Å². The second-order valence-corrected chi connectivity index (χ2v) is 10.6. The minimum atomic E-state index is -0.639. The van der Waals surface area contributed by atoms with Gasteiger partial charge in [0.15, 0.2) is 0 Å². The van der Waals surface area contributed by atoms with E-state index in [1.807, 2.05) is 38.1 Å². The average molecular weight is 562 g/mol. The van der Waals surface area contributed by atoms with Crippen LogP contribution in [0.1, 0.15) is 62.3 Å². The van der Waals surface area contributed by atoms with Crippen LogP contribution >= 0.6 is 0 Å². The molecule has 10 heteroatoms. The van der Waals surface area contributed by atoms with Crippen LogP contribution in [0.2, 0.25) is 0 Å². The summed E-state index contributed by atoms with van der Waals surface area (Å²) < 4.78 is 24.2. The van der Waals surface area contributed by atoms with Gasteiger partial charge in [-0.15, -0.1) is 0 Å². The number of ether oxygens (including phenoxy) is 4. The maximum absolute atomic E-state index is 12.4. The first-order valence-corrected chi connectivity index (χ1v) is 13.9. The molecule has 0 radical (unpaired) electrons. The highest BCUT2D eigenvalue weighted by Gasteiger charge is 2.33. The maximum atomic E-state index is 12.4. The number of nitrogens with one attached hydrogen (secondary N) is 1. The van der Waals surface area contributed by atoms with Crippen LogP contribution in [0.25, 0.3) is 5.69 Å². The highest BCUT2D eigenvalue weighted by molar-refractivity contribution is 5.70. The van der Waals surface area contributed by atoms with E-state index in [0.29, 0.717) is 38.6 Å². The van der Waals surface area contributed by atoms with Gasteiger partial charge >= 0.3 is 11.8 Å². The Morgan fingerprint density at radius 2 is 1.98 bits per heavy atom. The van der Waals surface area contributed by atoms with E-state index in [4.69, 9.17) is 18.9 Å². The monoisotopic (exact) mass is 561 g/mol. The molecule has 41 heavy (non-hydrogen) atoms. The van der Waals surface area contributed by atoms with Crippen LogP contribution in [0.3, 0.4) is 0 Å². The lowest BCUT2D eigenvalue weighted by Crippen LogP contribution is -2.35. The van der Waals surface area contributed by atoms with Crippen molar-refractivity contribution >= 4 is 6.09 Å². The molecule has 0 bridgehead atoms. The molecule has 2 N–H and O–H groups in total. The first-order chi connectivity index (χ1) is 19.8. The Bertz CT molecular complexity index is 1500. The molecule has 1 amide bonds. The number of hydrogen-bond donors (Lipinski definition) is 2. The first kappa shape index (κ1) is 28.3. The number of H-pyrrole nitrogens is 1. The molecule has 0 saturated carbocycles. The summed E-state index contributed by atoms with van der Waals surface area (Å²) in [6, 6.07) is 13.1. The van der Waals surface area contributed by atoms with Crippen LogP contribution < -0.4 is 10.4 Å². The lowest BCUT2D eigenvalue weighted by molar-refractivity contribution is -0.180. The number of rotatable bonds is 10. The van der Waals surface area contributed by atoms with Gasteiger partial charge in [0.1, 0.15) is 18.5 Å². The van der Waals surface area contributed by atoms with Crippen LogP contribution in [0.4, 0.5) is 4.79 Å². The smallest absolute Gasteiger partial charge is 0.410 e. The molecule has 1 aromatic heterocycles. The Kier molecular flexibility index (Phi) is 8.67. The third-order valence-electron chi connectivity index (χ3n) is 6.98. The molecule has 1 fully saturated rings. The third-order valence-corrected chi connectivity index (χ3v) is 6.98. The number of aromatic nitrogens is 2. The Labute approximate surface area is 238 Å². The number of carbonyl (C=O) groups is 1. The molecule has 0 spiro atoms. The van der Waals surface area contributed by atoms with E-state index in [1.54, 1.807) is 23.1 Å². The average Bonchev–Trinajstić information content (AvgIpc) is 3.49. The minimum absolute atomic E-state index is 0.190. The topological polar surface area (TPSA) is 115 Å². The van der Waals surface area contributed by atoms with Crippen LogP contribution in [0.5, 0.6) is 11.6 Å². The Balaban J connectivity index is 0.966. The molecule has 5 rings (SSSR count). The number of benzene rings is 2. The zero-order chi connectivity index (χ0) is 28.8. The number of hydrogen-bond acceptors (Lipinski definition) is 7. The molecule has 1 saturated heterocycles. The fraction of sp³-hybridized carbons (Fsp3) is 0.419. The summed E-state index contributed by atoms with van der Waals surface area (Å²) >= 11 is 0. The zero-order valence-corrected chi connectivity index (χ0v) is 23.4. The number of aromatic hydroxyl groups is 1. The van der Waals surface area contributed by atoms with Gasteiger partial charge in [-0.3, -0.25) is 9.55 Å². The number of fused-ring (bicyclic) bond motifs is 1. The van der Waals surface area contributed by atoms with Crippen molar-refractivity contribution in [3.8, 4) is 29.2 Å². The number of nitrogens with zero attached hydrogens (tertiary/aromatic N) is 2. The van der Waals surface area contributed by atoms with Gasteiger partial charge in [-0.05, 0) is 48.7 Å². The van der Waals surface area contributed by atoms with Crippen molar-refractivity contribution in [3.63, 3.8) is 0 Å². The molecule has 1 unspecified atom stereocenters. The second kappa shape index (κ2) is 12.5. The lowest BCUT2D eigenvalue weighted by Gasteiger charge is -2.32. The highest BCUT2D eigenvalue weighted by Crippen LogP contribution is 2.35. The van der Waals surface area contributed by atoms with Gasteiger partial charge < -0.3 is 29.0 Å². The van der Waals surface area contributed by atoms with E-state index < -0.39 is 11.5 Å². The molecular weight excluding hydrogens is 526 g/mol. The summed E-state index contributed by atoms with van der Waals surface area (Å²) in [6.07, 6.45) is 4.58. The molecular formula is C31H35N3O7. The largest absolute Gasteiger partial charge is 0.493 e. The number of unbranched alkanes of at least 4 members (excludes halogenated alkanes) is 3. The summed E-state index contributed by atoms with van der Waals surface area (Å²) in [5.41, 5.74) is 2.87. The molecule has 0 aliphatic carbocycles. The van der Waals surface area contributed by atoms with Crippen LogP contribution in [-0.2, 0) is 20.8 Å². The van der Waals surface area contributed by atoms with Gasteiger partial charge in [0.2, 0.25) is 11.7 Å². The molecule has 3 heterocycles. The maximum Gasteiger partial charge on any atom is 0.410 e. The minimum Gasteiger partial charge on any atom is -0.493 e. The molecule has 2 aliphatic heterocycles. The number of amides is 1. The number of aromatic amines is 1. The highest BCUT2D eigenvalue weighted by atomic mass is 16.7. The summed E-state index contributed by atoms with van der Waals surface area (Å²) in [7, 11) is 0. The van der Waals surface area contributed by atoms with Crippen molar-refractivity contribution in [3.05, 3.63) is 75.8 Å². The van der Waals surface area contributed by atoms with Gasteiger partial charge in [0, 0.05) is 38.1 Å². The molecule has 10 nitrogen and oxygen atoms in total. The third kappa shape index (κ3) is 7.31. The number of cyclic esters (lactones) is 1. The zero-order valence-electron chi connectivity index (χ0n) is 23.4. The standard InChI is InChI=1S/C31H35N3O7/c1-31(2)39-21-24-18-23(12-13-26(24)41-31)27-19-33(30(37)40-27)14-5-3-4-6-15-38-16-8-10-22-9-7-11-25(17-22)34-20-28(35)32-29(34)36/h7,9,11-13,17-18,20,27,35H,3-6,14-16,19,21H2,1-2H3,(H,32,36). The van der Waals surface area contributed by atoms with Gasteiger partial charge in [0.25, 0.3) is 0 Å². The summed E-state index contributed by atoms with van der Waals surface area (Å²) in [4.78, 5) is 28.3. The molecule has 216 valence electrons. The quantitative estimate of drug-likeness (QED) is 0.274. The Hall–Kier alpha value is -4.20. The molecule has 3 aromatic rings. The lowest BCUT2D eigenvalue weighted by atomic mass is 10.0. The Morgan fingerprint density at radius 1 is 1.12 bits per heavy atom. The van der Waals surface area contributed by atoms with Crippen molar-refractivity contribution < 1.29 is 28.8 Å². The van der Waals surface area contributed by atoms with E-state index in [1.165, 1.54) is 10.8 Å². The van der Waals surface area contributed by atoms with Crippen molar-refractivity contribution in [1.82, 2.24) is 14.5 Å². The summed E-state index contributed by atoms with van der Waals surface area (Å²) in [5, 5.41) is 9.46. The van der Waals surface area contributed by atoms with Crippen molar-refractivity contribution in [2.45, 2.75) is 58.0 Å². The van der Waals surface area contributed by atoms with Crippen molar-refractivity contribution in [2.75, 3.05) is 26.3 Å². The fourth-order valence-electron chi connectivity index (χ4n) is 4.85. The van der Waals surface area contributed by atoms with Gasteiger partial charge in [0.05, 0.1) is 25.0 Å². The number of imidazole rings is 1. The van der Waals surface area contributed by atoms with Gasteiger partial charge in [-0.25, -0.2) is 9.59 Å². The van der Waals surface area contributed by atoms with Crippen molar-refractivity contribution in [2.24, 2.45) is 0 Å². The van der Waals surface area contributed by atoms with Gasteiger partial charge in [-0.2, -0.15) is 0 Å². The summed E-state index contributed by atoms with van der Waals surface area (Å²) in [5.74, 6) is 6.01. The fourth-order valence-corrected chi connectivity index (χ4v) is 4.85. The second-order valence-electron chi connectivity index (χ2n) is 10.6. The predicted octanol–water partition coefficient (Wildman–Crippen LogP) is 4.64. The first-order valence-electron chi connectivity index (χ1n) is 13.9. The van der Waals surface area contributed by atoms with E-state index in [-0.39, 0.29) is 18.1 Å². The normalized spacial score (nSPS) is 17.4. The summed E-state index contributed by atoms with van der Waals surface area (Å²) in [6.45, 7) is 6.38. The van der Waals surface area contributed by atoms with E-state index in [2.05, 4.69) is 16.8 Å².